The summed E-state index contributed by atoms with van der Waals surface area (Å²) < 4.78 is 5.92. The van der Waals surface area contributed by atoms with E-state index < -0.39 is 0 Å². The maximum Gasteiger partial charge on any atom is 0.165 e. The Bertz CT molecular complexity index is 696. The summed E-state index contributed by atoms with van der Waals surface area (Å²) in [6.07, 6.45) is 3.20. The number of rotatable bonds is 2. The van der Waals surface area contributed by atoms with Gasteiger partial charge in [0.15, 0.2) is 5.82 Å². The first kappa shape index (κ1) is 12.2. The molecule has 0 saturated heterocycles. The minimum atomic E-state index is 0.477. The van der Waals surface area contributed by atoms with E-state index in [0.29, 0.717) is 11.6 Å². The molecule has 0 spiro atoms. The summed E-state index contributed by atoms with van der Waals surface area (Å²) in [4.78, 5) is 8.89. The van der Waals surface area contributed by atoms with E-state index >= 15 is 0 Å². The Balaban J connectivity index is 2.20. The second-order valence-corrected chi connectivity index (χ2v) is 5.05. The molecule has 94 valence electrons. The molecule has 0 atom stereocenters. The molecular formula is C14H10IN3O. The van der Waals surface area contributed by atoms with Crippen molar-refractivity contribution in [3.8, 4) is 22.6 Å². The molecule has 2 aromatic heterocycles. The van der Waals surface area contributed by atoms with Gasteiger partial charge < -0.3 is 10.2 Å². The lowest BCUT2D eigenvalue weighted by molar-refractivity contribution is 0.568. The molecule has 0 aliphatic heterocycles. The second-order valence-electron chi connectivity index (χ2n) is 3.97. The largest absolute Gasteiger partial charge is 0.472 e. The Morgan fingerprint density at radius 3 is 2.47 bits per heavy atom. The van der Waals surface area contributed by atoms with Crippen LogP contribution in [0.5, 0.6) is 0 Å². The van der Waals surface area contributed by atoms with Crippen LogP contribution in [0.1, 0.15) is 0 Å². The van der Waals surface area contributed by atoms with E-state index in [1.165, 1.54) is 0 Å². The van der Waals surface area contributed by atoms with Crippen LogP contribution >= 0.6 is 22.6 Å². The smallest absolute Gasteiger partial charge is 0.165 e. The number of hydrogen-bond donors (Lipinski definition) is 1. The lowest BCUT2D eigenvalue weighted by Crippen LogP contribution is -2.02. The highest BCUT2D eigenvalue weighted by Gasteiger charge is 2.13. The van der Waals surface area contributed by atoms with Crippen LogP contribution in [-0.4, -0.2) is 9.97 Å². The molecule has 1 aromatic carbocycles. The van der Waals surface area contributed by atoms with E-state index in [4.69, 9.17) is 10.2 Å². The molecule has 3 aromatic rings. The van der Waals surface area contributed by atoms with Gasteiger partial charge in [-0.05, 0) is 28.7 Å². The summed E-state index contributed by atoms with van der Waals surface area (Å²) in [6, 6.07) is 11.7. The average Bonchev–Trinajstić information content (AvgIpc) is 2.97. The van der Waals surface area contributed by atoms with Gasteiger partial charge in [0.2, 0.25) is 0 Å². The van der Waals surface area contributed by atoms with Crippen LogP contribution in [0.2, 0.25) is 0 Å². The van der Waals surface area contributed by atoms with Crippen LogP contribution in [0, 0.1) is 3.57 Å². The number of anilines is 1. The summed E-state index contributed by atoms with van der Waals surface area (Å²) in [5.41, 5.74) is 8.65. The molecule has 0 unspecified atom stereocenters. The zero-order chi connectivity index (χ0) is 13.2. The predicted molar refractivity (Wildman–Crippen MR) is 82.3 cm³/mol. The fraction of sp³-hybridized carbons (Fsp3) is 0. The molecule has 0 bridgehead atoms. The molecule has 0 radical (unpaired) electrons. The number of nitrogen functional groups attached to an aromatic ring is 1. The molecule has 3 rings (SSSR count). The van der Waals surface area contributed by atoms with Gasteiger partial charge in [-0.1, -0.05) is 30.3 Å². The van der Waals surface area contributed by atoms with E-state index in [1.54, 1.807) is 12.5 Å². The van der Waals surface area contributed by atoms with Gasteiger partial charge in [-0.2, -0.15) is 0 Å². The first-order valence-corrected chi connectivity index (χ1v) is 6.74. The lowest BCUT2D eigenvalue weighted by atomic mass is 10.1. The molecule has 0 aliphatic carbocycles. The van der Waals surface area contributed by atoms with Gasteiger partial charge in [0.25, 0.3) is 0 Å². The van der Waals surface area contributed by atoms with E-state index in [-0.39, 0.29) is 0 Å². The van der Waals surface area contributed by atoms with Crippen LogP contribution in [0.15, 0.2) is 53.3 Å². The third-order valence-electron chi connectivity index (χ3n) is 2.70. The monoisotopic (exact) mass is 363 g/mol. The molecule has 0 fully saturated rings. The van der Waals surface area contributed by atoms with Crippen molar-refractivity contribution in [1.29, 1.82) is 0 Å². The van der Waals surface area contributed by atoms with Gasteiger partial charge in [-0.25, -0.2) is 9.97 Å². The SMILES string of the molecule is Nc1nc(-c2ccoc2)nc(-c2ccccc2)c1I. The Labute approximate surface area is 123 Å². The van der Waals surface area contributed by atoms with Crippen LogP contribution in [-0.2, 0) is 0 Å². The highest BCUT2D eigenvalue weighted by Crippen LogP contribution is 2.29. The number of halogens is 1. The van der Waals surface area contributed by atoms with Crippen molar-refractivity contribution in [2.24, 2.45) is 0 Å². The van der Waals surface area contributed by atoms with Gasteiger partial charge >= 0.3 is 0 Å². The maximum absolute atomic E-state index is 5.98. The van der Waals surface area contributed by atoms with Crippen molar-refractivity contribution in [2.45, 2.75) is 0 Å². The van der Waals surface area contributed by atoms with E-state index in [0.717, 1.165) is 20.4 Å². The number of aromatic nitrogens is 2. The van der Waals surface area contributed by atoms with E-state index in [2.05, 4.69) is 32.6 Å². The molecule has 0 saturated carbocycles. The summed E-state index contributed by atoms with van der Waals surface area (Å²) in [6.45, 7) is 0. The minimum Gasteiger partial charge on any atom is -0.472 e. The number of nitrogens with two attached hydrogens (primary N) is 1. The molecular weight excluding hydrogens is 353 g/mol. The number of nitrogens with zero attached hydrogens (tertiary/aromatic N) is 2. The van der Waals surface area contributed by atoms with E-state index in [9.17, 15) is 0 Å². The van der Waals surface area contributed by atoms with Crippen molar-refractivity contribution in [2.75, 3.05) is 5.73 Å². The summed E-state index contributed by atoms with van der Waals surface area (Å²) in [5, 5.41) is 0. The predicted octanol–water partition coefficient (Wildman–Crippen LogP) is 3.59. The molecule has 4 nitrogen and oxygen atoms in total. The van der Waals surface area contributed by atoms with Gasteiger partial charge in [-0.15, -0.1) is 0 Å². The molecule has 19 heavy (non-hydrogen) atoms. The number of hydrogen-bond acceptors (Lipinski definition) is 4. The van der Waals surface area contributed by atoms with Crippen LogP contribution in [0.25, 0.3) is 22.6 Å². The van der Waals surface area contributed by atoms with Gasteiger partial charge in [-0.3, -0.25) is 0 Å². The molecule has 2 N–H and O–H groups in total. The highest BCUT2D eigenvalue weighted by atomic mass is 127. The van der Waals surface area contributed by atoms with Crippen molar-refractivity contribution in [3.63, 3.8) is 0 Å². The zero-order valence-corrected chi connectivity index (χ0v) is 12.0. The maximum atomic E-state index is 5.98. The van der Waals surface area contributed by atoms with Crippen LogP contribution < -0.4 is 5.73 Å². The Morgan fingerprint density at radius 1 is 1.00 bits per heavy atom. The molecule has 0 amide bonds. The standard InChI is InChI=1S/C14H10IN3O/c15-11-12(9-4-2-1-3-5-9)17-14(18-13(11)16)10-6-7-19-8-10/h1-8H,(H2,16,17,18). The Kier molecular flexibility index (Phi) is 3.20. The third-order valence-corrected chi connectivity index (χ3v) is 3.77. The summed E-state index contributed by atoms with van der Waals surface area (Å²) >= 11 is 2.17. The van der Waals surface area contributed by atoms with Gasteiger partial charge in [0, 0.05) is 5.56 Å². The fourth-order valence-electron chi connectivity index (χ4n) is 1.77. The fourth-order valence-corrected chi connectivity index (χ4v) is 2.33. The summed E-state index contributed by atoms with van der Waals surface area (Å²) in [5.74, 6) is 1.05. The lowest BCUT2D eigenvalue weighted by Gasteiger charge is -2.08. The molecule has 0 aliphatic rings. The first-order chi connectivity index (χ1) is 9.25. The average molecular weight is 363 g/mol. The van der Waals surface area contributed by atoms with Crippen molar-refractivity contribution in [1.82, 2.24) is 9.97 Å². The third kappa shape index (κ3) is 2.33. The van der Waals surface area contributed by atoms with Crippen LogP contribution in [0.4, 0.5) is 5.82 Å². The van der Waals surface area contributed by atoms with Crippen molar-refractivity contribution in [3.05, 3.63) is 52.5 Å². The topological polar surface area (TPSA) is 64.9 Å². The summed E-state index contributed by atoms with van der Waals surface area (Å²) in [7, 11) is 0. The normalized spacial score (nSPS) is 10.6. The first-order valence-electron chi connectivity index (χ1n) is 5.66. The van der Waals surface area contributed by atoms with E-state index in [1.807, 2.05) is 36.4 Å². The molecule has 2 heterocycles. The minimum absolute atomic E-state index is 0.477. The quantitative estimate of drug-likeness (QED) is 0.707. The Morgan fingerprint density at radius 2 is 1.79 bits per heavy atom. The Hall–Kier alpha value is -1.89. The zero-order valence-electron chi connectivity index (χ0n) is 9.88. The highest BCUT2D eigenvalue weighted by molar-refractivity contribution is 14.1. The number of furan rings is 1. The van der Waals surface area contributed by atoms with Gasteiger partial charge in [0.1, 0.15) is 12.1 Å². The number of benzene rings is 1. The van der Waals surface area contributed by atoms with Gasteiger partial charge in [0.05, 0.1) is 21.1 Å². The van der Waals surface area contributed by atoms with Crippen molar-refractivity contribution >= 4 is 28.4 Å². The van der Waals surface area contributed by atoms with Crippen LogP contribution in [0.3, 0.4) is 0 Å². The van der Waals surface area contributed by atoms with Crippen molar-refractivity contribution < 1.29 is 4.42 Å². The second kappa shape index (κ2) is 5.00. The molecule has 5 heteroatoms.